The van der Waals surface area contributed by atoms with E-state index >= 15 is 0 Å². The minimum atomic E-state index is 0.227. The van der Waals surface area contributed by atoms with Gasteiger partial charge in [0, 0.05) is 10.8 Å². The molecule has 0 saturated heterocycles. The van der Waals surface area contributed by atoms with Crippen LogP contribution in [0.4, 0.5) is 0 Å². The average molecular weight is 368 g/mol. The van der Waals surface area contributed by atoms with Gasteiger partial charge in [0.15, 0.2) is 0 Å². The lowest BCUT2D eigenvalue weighted by Gasteiger charge is -2.17. The summed E-state index contributed by atoms with van der Waals surface area (Å²) >= 11 is 0. The second-order valence-electron chi connectivity index (χ2n) is 7.54. The summed E-state index contributed by atoms with van der Waals surface area (Å²) in [6.45, 7) is 8.07. The van der Waals surface area contributed by atoms with E-state index in [4.69, 9.17) is 0 Å². The van der Waals surface area contributed by atoms with Crippen molar-refractivity contribution in [3.63, 3.8) is 0 Å². The van der Waals surface area contributed by atoms with Crippen LogP contribution in [-0.2, 0) is 6.42 Å². The second-order valence-corrected chi connectivity index (χ2v) is 7.54. The molecule has 0 radical (unpaired) electrons. The second kappa shape index (κ2) is 7.05. The molecule has 2 N–H and O–H groups in total. The van der Waals surface area contributed by atoms with Gasteiger partial charge in [-0.3, -0.25) is 0 Å². The number of aryl methyl sites for hydroxylation is 1. The Hall–Kier alpha value is -3.26. The van der Waals surface area contributed by atoms with Gasteiger partial charge < -0.3 is 10.2 Å². The first kappa shape index (κ1) is 18.1. The third-order valence-corrected chi connectivity index (χ3v) is 5.61. The van der Waals surface area contributed by atoms with Crippen molar-refractivity contribution in [3.05, 3.63) is 89.2 Å². The van der Waals surface area contributed by atoms with E-state index in [-0.39, 0.29) is 11.7 Å². The number of hydrogen-bond acceptors (Lipinski definition) is 2. The molecule has 2 nitrogen and oxygen atoms in total. The molecule has 1 unspecified atom stereocenters. The lowest BCUT2D eigenvalue weighted by molar-refractivity contribution is 0.471. The molecule has 0 amide bonds. The first-order valence-corrected chi connectivity index (χ1v) is 9.58. The summed E-state index contributed by atoms with van der Waals surface area (Å²) in [6.07, 6.45) is 4.54. The molecule has 0 saturated carbocycles. The molecule has 2 heteroatoms. The van der Waals surface area contributed by atoms with E-state index in [0.29, 0.717) is 5.75 Å². The third-order valence-electron chi connectivity index (χ3n) is 5.61. The van der Waals surface area contributed by atoms with Gasteiger partial charge in [0.1, 0.15) is 11.5 Å². The maximum Gasteiger partial charge on any atom is 0.126 e. The van der Waals surface area contributed by atoms with Crippen molar-refractivity contribution in [2.24, 2.45) is 0 Å². The molecular weight excluding hydrogens is 344 g/mol. The Morgan fingerprint density at radius 1 is 0.964 bits per heavy atom. The van der Waals surface area contributed by atoms with Crippen LogP contribution in [0.5, 0.6) is 11.5 Å². The Balaban J connectivity index is 1.88. The predicted molar refractivity (Wildman–Crippen MR) is 118 cm³/mol. The highest BCUT2D eigenvalue weighted by molar-refractivity contribution is 6.14. The van der Waals surface area contributed by atoms with Gasteiger partial charge in [-0.25, -0.2) is 0 Å². The van der Waals surface area contributed by atoms with Gasteiger partial charge in [-0.15, -0.1) is 0 Å². The minimum absolute atomic E-state index is 0.227. The highest BCUT2D eigenvalue weighted by Gasteiger charge is 2.16. The molecule has 0 spiro atoms. The fourth-order valence-electron chi connectivity index (χ4n) is 4.14. The van der Waals surface area contributed by atoms with E-state index in [1.807, 2.05) is 24.3 Å². The number of phenols is 2. The Morgan fingerprint density at radius 3 is 2.43 bits per heavy atom. The largest absolute Gasteiger partial charge is 0.508 e. The van der Waals surface area contributed by atoms with E-state index in [9.17, 15) is 10.2 Å². The molecule has 4 aromatic rings. The summed E-state index contributed by atoms with van der Waals surface area (Å²) in [7, 11) is 0. The smallest absolute Gasteiger partial charge is 0.126 e. The van der Waals surface area contributed by atoms with Crippen molar-refractivity contribution in [1.29, 1.82) is 0 Å². The van der Waals surface area contributed by atoms with Crippen molar-refractivity contribution in [2.75, 3.05) is 0 Å². The van der Waals surface area contributed by atoms with Crippen molar-refractivity contribution in [1.82, 2.24) is 0 Å². The highest BCUT2D eigenvalue weighted by Crippen LogP contribution is 2.38. The van der Waals surface area contributed by atoms with E-state index in [2.05, 4.69) is 44.7 Å². The average Bonchev–Trinajstić information content (AvgIpc) is 2.68. The number of aromatic hydroxyl groups is 2. The fourth-order valence-corrected chi connectivity index (χ4v) is 4.14. The Labute approximate surface area is 165 Å². The first-order valence-electron chi connectivity index (χ1n) is 9.58. The predicted octanol–water partition coefficient (Wildman–Crippen LogP) is 5.74. The summed E-state index contributed by atoms with van der Waals surface area (Å²) < 4.78 is 0. The van der Waals surface area contributed by atoms with Gasteiger partial charge >= 0.3 is 0 Å². The van der Waals surface area contributed by atoms with E-state index in [1.54, 1.807) is 18.2 Å². The zero-order chi connectivity index (χ0) is 19.8. The number of rotatable bonds is 4. The quantitative estimate of drug-likeness (QED) is 0.482. The lowest BCUT2D eigenvalue weighted by Crippen LogP contribution is -2.05. The van der Waals surface area contributed by atoms with E-state index in [1.165, 1.54) is 10.9 Å². The van der Waals surface area contributed by atoms with Crippen LogP contribution in [0.25, 0.3) is 27.6 Å². The normalized spacial score (nSPS) is 13.3. The van der Waals surface area contributed by atoms with Gasteiger partial charge in [0.2, 0.25) is 0 Å². The van der Waals surface area contributed by atoms with Crippen molar-refractivity contribution in [2.45, 2.75) is 26.2 Å². The number of allylic oxidation sites excluding steroid dienone is 1. The van der Waals surface area contributed by atoms with Crippen LogP contribution in [0.1, 0.15) is 29.5 Å². The van der Waals surface area contributed by atoms with Crippen LogP contribution in [0.15, 0.2) is 67.3 Å². The first-order chi connectivity index (χ1) is 13.5. The van der Waals surface area contributed by atoms with E-state index in [0.717, 1.165) is 38.9 Å². The SMILES string of the molecule is C=C/C=c1/ccc2cc(CC(C)c3ccc(O)cc3)c(O)c3ccc(C)c1c23. The molecule has 140 valence electrons. The zero-order valence-corrected chi connectivity index (χ0v) is 16.2. The molecule has 0 aromatic heterocycles. The minimum Gasteiger partial charge on any atom is -0.508 e. The zero-order valence-electron chi connectivity index (χ0n) is 16.2. The third kappa shape index (κ3) is 3.01. The molecule has 0 fully saturated rings. The standard InChI is InChI=1S/C26H24O2/c1-4-5-19-7-8-20-15-21(14-17(3)18-9-11-22(27)12-10-18)26(28)23-13-6-16(2)24(19)25(20)23/h4-13,15,17,27-28H,1,14H2,2-3H3/b19-5-. The summed E-state index contributed by atoms with van der Waals surface area (Å²) in [5.41, 5.74) is 3.27. The van der Waals surface area contributed by atoms with Gasteiger partial charge in [-0.1, -0.05) is 62.1 Å². The highest BCUT2D eigenvalue weighted by atomic mass is 16.3. The van der Waals surface area contributed by atoms with Crippen LogP contribution >= 0.6 is 0 Å². The van der Waals surface area contributed by atoms with Crippen LogP contribution in [-0.4, -0.2) is 10.2 Å². The van der Waals surface area contributed by atoms with Crippen LogP contribution in [0.2, 0.25) is 0 Å². The summed E-state index contributed by atoms with van der Waals surface area (Å²) in [5, 5.41) is 26.0. The Morgan fingerprint density at radius 2 is 1.71 bits per heavy atom. The molecule has 4 aromatic carbocycles. The van der Waals surface area contributed by atoms with E-state index < -0.39 is 0 Å². The molecule has 28 heavy (non-hydrogen) atoms. The number of hydrogen-bond donors (Lipinski definition) is 2. The summed E-state index contributed by atoms with van der Waals surface area (Å²) in [4.78, 5) is 0. The van der Waals surface area contributed by atoms with Gasteiger partial charge in [-0.2, -0.15) is 0 Å². The summed E-state index contributed by atoms with van der Waals surface area (Å²) in [5.74, 6) is 0.856. The Kier molecular flexibility index (Phi) is 4.56. The monoisotopic (exact) mass is 368 g/mol. The molecule has 0 aliphatic heterocycles. The van der Waals surface area contributed by atoms with Gasteiger partial charge in [0.25, 0.3) is 0 Å². The van der Waals surface area contributed by atoms with Crippen molar-refractivity contribution < 1.29 is 10.2 Å². The maximum absolute atomic E-state index is 11.1. The number of phenolic OH excluding ortho intramolecular Hbond substituents is 2. The molecule has 1 atom stereocenters. The van der Waals surface area contributed by atoms with Crippen molar-refractivity contribution >= 4 is 27.6 Å². The Bertz CT molecular complexity index is 1230. The molecule has 0 aliphatic rings. The van der Waals surface area contributed by atoms with Gasteiger partial charge in [0.05, 0.1) is 0 Å². The molecular formula is C26H24O2. The molecule has 0 aliphatic carbocycles. The van der Waals surface area contributed by atoms with Crippen LogP contribution in [0.3, 0.4) is 0 Å². The fraction of sp³-hybridized carbons (Fsp3) is 0.154. The number of benzene rings is 4. The van der Waals surface area contributed by atoms with Crippen LogP contribution in [0, 0.1) is 6.92 Å². The molecule has 0 bridgehead atoms. The topological polar surface area (TPSA) is 40.5 Å². The lowest BCUT2D eigenvalue weighted by atomic mass is 9.88. The van der Waals surface area contributed by atoms with Crippen LogP contribution < -0.4 is 5.22 Å². The van der Waals surface area contributed by atoms with Crippen molar-refractivity contribution in [3.8, 4) is 11.5 Å². The summed E-state index contributed by atoms with van der Waals surface area (Å²) in [6, 6.07) is 17.7. The van der Waals surface area contributed by atoms with Gasteiger partial charge in [-0.05, 0) is 70.1 Å². The maximum atomic E-state index is 11.1. The molecule has 4 rings (SSSR count). The molecule has 0 heterocycles.